The third-order valence-electron chi connectivity index (χ3n) is 2.51. The Morgan fingerprint density at radius 3 is 2.67 bits per heavy atom. The lowest BCUT2D eigenvalue weighted by Gasteiger charge is -2.08. The Morgan fingerprint density at radius 1 is 1.39 bits per heavy atom. The highest BCUT2D eigenvalue weighted by Gasteiger charge is 2.19. The quantitative estimate of drug-likeness (QED) is 0.639. The van der Waals surface area contributed by atoms with Gasteiger partial charge in [-0.1, -0.05) is 30.1 Å². The van der Waals surface area contributed by atoms with Gasteiger partial charge < -0.3 is 0 Å². The number of hydrogen-bond acceptors (Lipinski definition) is 3. The summed E-state index contributed by atoms with van der Waals surface area (Å²) < 4.78 is 1.64. The van der Waals surface area contributed by atoms with Gasteiger partial charge in [0.25, 0.3) is 5.69 Å². The molecule has 94 valence electrons. The molecule has 5 nitrogen and oxygen atoms in total. The first-order valence-corrected chi connectivity index (χ1v) is 5.96. The summed E-state index contributed by atoms with van der Waals surface area (Å²) in [4.78, 5) is 14.7. The van der Waals surface area contributed by atoms with Gasteiger partial charge in [0.1, 0.15) is 11.5 Å². The van der Waals surface area contributed by atoms with Crippen LogP contribution in [0.3, 0.4) is 0 Å². The predicted molar refractivity (Wildman–Crippen MR) is 69.6 cm³/mol. The number of nitro groups is 1. The van der Waals surface area contributed by atoms with Gasteiger partial charge in [0.05, 0.1) is 15.0 Å². The van der Waals surface area contributed by atoms with E-state index in [0.717, 1.165) is 5.82 Å². The van der Waals surface area contributed by atoms with Crippen LogP contribution in [0.5, 0.6) is 0 Å². The monoisotopic (exact) mass is 285 g/mol. The van der Waals surface area contributed by atoms with Crippen LogP contribution in [0.15, 0.2) is 24.5 Å². The summed E-state index contributed by atoms with van der Waals surface area (Å²) in [5.74, 6) is 0.719. The summed E-state index contributed by atoms with van der Waals surface area (Å²) in [6, 6.07) is 2.72. The van der Waals surface area contributed by atoms with Gasteiger partial charge in [-0.25, -0.2) is 4.98 Å². The van der Waals surface area contributed by atoms with Crippen LogP contribution in [0, 0.1) is 10.1 Å². The molecule has 0 aliphatic carbocycles. The number of halogens is 2. The molecule has 0 bridgehead atoms. The van der Waals surface area contributed by atoms with Crippen LogP contribution < -0.4 is 0 Å². The summed E-state index contributed by atoms with van der Waals surface area (Å²) >= 11 is 11.7. The van der Waals surface area contributed by atoms with Gasteiger partial charge in [-0.2, -0.15) is 0 Å². The summed E-state index contributed by atoms with van der Waals surface area (Å²) in [6.45, 7) is 1.92. The van der Waals surface area contributed by atoms with Crippen molar-refractivity contribution in [2.24, 2.45) is 0 Å². The Hall–Kier alpha value is -1.59. The highest BCUT2D eigenvalue weighted by Crippen LogP contribution is 2.33. The summed E-state index contributed by atoms with van der Waals surface area (Å²) in [7, 11) is 0. The van der Waals surface area contributed by atoms with Crippen molar-refractivity contribution in [3.8, 4) is 5.69 Å². The van der Waals surface area contributed by atoms with Crippen molar-refractivity contribution in [1.29, 1.82) is 0 Å². The zero-order valence-electron chi connectivity index (χ0n) is 9.43. The minimum Gasteiger partial charge on any atom is -0.298 e. The largest absolute Gasteiger partial charge is 0.298 e. The van der Waals surface area contributed by atoms with Gasteiger partial charge >= 0.3 is 0 Å². The maximum absolute atomic E-state index is 11.1. The van der Waals surface area contributed by atoms with Crippen LogP contribution in [-0.4, -0.2) is 14.5 Å². The molecule has 0 fully saturated rings. The molecule has 0 spiro atoms. The zero-order chi connectivity index (χ0) is 13.3. The minimum absolute atomic E-state index is 0.0999. The van der Waals surface area contributed by atoms with Gasteiger partial charge in [0.15, 0.2) is 0 Å². The molecule has 0 aliphatic heterocycles. The van der Waals surface area contributed by atoms with Crippen molar-refractivity contribution in [2.75, 3.05) is 0 Å². The lowest BCUT2D eigenvalue weighted by molar-refractivity contribution is -0.384. The molecule has 0 aliphatic rings. The fraction of sp³-hybridized carbons (Fsp3) is 0.182. The van der Waals surface area contributed by atoms with Gasteiger partial charge in [-0.3, -0.25) is 14.7 Å². The van der Waals surface area contributed by atoms with Crippen molar-refractivity contribution < 1.29 is 4.92 Å². The first-order valence-electron chi connectivity index (χ1n) is 5.20. The molecule has 18 heavy (non-hydrogen) atoms. The minimum atomic E-state index is -0.489. The fourth-order valence-electron chi connectivity index (χ4n) is 1.68. The maximum atomic E-state index is 11.1. The molecule has 0 radical (unpaired) electrons. The molecule has 0 saturated heterocycles. The van der Waals surface area contributed by atoms with Gasteiger partial charge in [-0.05, 0) is 6.07 Å². The van der Waals surface area contributed by atoms with E-state index in [-0.39, 0.29) is 15.7 Å². The number of benzene rings is 1. The average molecular weight is 286 g/mol. The lowest BCUT2D eigenvalue weighted by atomic mass is 10.2. The second kappa shape index (κ2) is 4.96. The SMILES string of the molecule is CCc1nccn1-c1cc(Cl)c(Cl)cc1[N+](=O)[O-]. The molecule has 1 aromatic carbocycles. The standard InChI is InChI=1S/C11H9Cl2N3O2/c1-2-11-14-3-4-15(11)9-5-7(12)8(13)6-10(9)16(17)18/h3-6H,2H2,1H3. The smallest absolute Gasteiger partial charge is 0.294 e. The van der Waals surface area contributed by atoms with E-state index in [1.165, 1.54) is 12.1 Å². The molecule has 0 amide bonds. The number of aromatic nitrogens is 2. The van der Waals surface area contributed by atoms with Crippen LogP contribution in [0.4, 0.5) is 5.69 Å². The number of imidazole rings is 1. The molecular formula is C11H9Cl2N3O2. The molecule has 0 atom stereocenters. The summed E-state index contributed by atoms with van der Waals surface area (Å²) in [5.41, 5.74) is 0.265. The molecule has 0 saturated carbocycles. The first-order chi connectivity index (χ1) is 8.54. The normalized spacial score (nSPS) is 10.6. The Kier molecular flexibility index (Phi) is 3.54. The second-order valence-electron chi connectivity index (χ2n) is 3.58. The summed E-state index contributed by atoms with van der Waals surface area (Å²) in [6.07, 6.45) is 3.90. The highest BCUT2D eigenvalue weighted by molar-refractivity contribution is 6.42. The van der Waals surface area contributed by atoms with Crippen LogP contribution >= 0.6 is 23.2 Å². The summed E-state index contributed by atoms with van der Waals surface area (Å²) in [5, 5.41) is 11.5. The number of rotatable bonds is 3. The highest BCUT2D eigenvalue weighted by atomic mass is 35.5. The average Bonchev–Trinajstić information content (AvgIpc) is 2.79. The first kappa shape index (κ1) is 12.9. The Bertz CT molecular complexity index is 610. The maximum Gasteiger partial charge on any atom is 0.294 e. The van der Waals surface area contributed by atoms with Crippen molar-refractivity contribution in [1.82, 2.24) is 9.55 Å². The van der Waals surface area contributed by atoms with Crippen LogP contribution in [-0.2, 0) is 6.42 Å². The number of nitrogens with zero attached hydrogens (tertiary/aromatic N) is 3. The van der Waals surface area contributed by atoms with E-state index in [0.29, 0.717) is 12.1 Å². The third-order valence-corrected chi connectivity index (χ3v) is 3.23. The molecule has 0 unspecified atom stereocenters. The molecule has 0 N–H and O–H groups in total. The van der Waals surface area contributed by atoms with Crippen LogP contribution in [0.2, 0.25) is 10.0 Å². The molecule has 1 aromatic heterocycles. The van der Waals surface area contributed by atoms with E-state index in [1.807, 2.05) is 6.92 Å². The molecular weight excluding hydrogens is 277 g/mol. The number of nitro benzene ring substituents is 1. The topological polar surface area (TPSA) is 61.0 Å². The van der Waals surface area contributed by atoms with E-state index in [2.05, 4.69) is 4.98 Å². The van der Waals surface area contributed by atoms with E-state index < -0.39 is 4.92 Å². The van der Waals surface area contributed by atoms with Crippen molar-refractivity contribution in [3.63, 3.8) is 0 Å². The Balaban J connectivity index is 2.70. The van der Waals surface area contributed by atoms with Gasteiger partial charge in [0, 0.05) is 24.9 Å². The molecule has 2 aromatic rings. The van der Waals surface area contributed by atoms with Gasteiger partial charge in [-0.15, -0.1) is 0 Å². The van der Waals surface area contributed by atoms with Crippen LogP contribution in [0.1, 0.15) is 12.7 Å². The Labute approximate surface area is 113 Å². The Morgan fingerprint density at radius 2 is 2.06 bits per heavy atom. The molecule has 1 heterocycles. The fourth-order valence-corrected chi connectivity index (χ4v) is 2.00. The van der Waals surface area contributed by atoms with Crippen LogP contribution in [0.25, 0.3) is 5.69 Å². The van der Waals surface area contributed by atoms with E-state index >= 15 is 0 Å². The van der Waals surface area contributed by atoms with Crippen molar-refractivity contribution in [3.05, 3.63) is 50.5 Å². The lowest BCUT2D eigenvalue weighted by Crippen LogP contribution is -2.03. The van der Waals surface area contributed by atoms with E-state index in [1.54, 1.807) is 17.0 Å². The van der Waals surface area contributed by atoms with Crippen molar-refractivity contribution >= 4 is 28.9 Å². The number of aryl methyl sites for hydroxylation is 1. The van der Waals surface area contributed by atoms with E-state index in [9.17, 15) is 10.1 Å². The third kappa shape index (κ3) is 2.19. The van der Waals surface area contributed by atoms with E-state index in [4.69, 9.17) is 23.2 Å². The van der Waals surface area contributed by atoms with Gasteiger partial charge in [0.2, 0.25) is 0 Å². The predicted octanol–water partition coefficient (Wildman–Crippen LogP) is 3.65. The van der Waals surface area contributed by atoms with Crippen molar-refractivity contribution in [2.45, 2.75) is 13.3 Å². The second-order valence-corrected chi connectivity index (χ2v) is 4.39. The number of hydrogen-bond donors (Lipinski definition) is 0. The molecule has 2 rings (SSSR count). The molecule has 7 heteroatoms. The zero-order valence-corrected chi connectivity index (χ0v) is 10.9.